The molecule has 2 heterocycles. The first-order valence-electron chi connectivity index (χ1n) is 6.16. The van der Waals surface area contributed by atoms with Gasteiger partial charge in [0.25, 0.3) is 5.56 Å². The minimum atomic E-state index is -4.34. The Bertz CT molecular complexity index is 831. The zero-order chi connectivity index (χ0) is 15.0. The molecule has 0 aliphatic carbocycles. The normalized spacial score (nSPS) is 12.0. The van der Waals surface area contributed by atoms with Crippen LogP contribution in [0.5, 0.6) is 0 Å². The van der Waals surface area contributed by atoms with Crippen LogP contribution < -0.4 is 5.56 Å². The summed E-state index contributed by atoms with van der Waals surface area (Å²) in [6.07, 6.45) is -4.02. The highest BCUT2D eigenvalue weighted by atomic mass is 19.4. The number of halogens is 3. The van der Waals surface area contributed by atoms with Gasteiger partial charge in [-0.15, -0.1) is 0 Å². The second-order valence-electron chi connectivity index (χ2n) is 4.60. The molecular formula is C14H10F3N3O. The van der Waals surface area contributed by atoms with Crippen LogP contribution in [0, 0.1) is 0 Å². The zero-order valence-electron chi connectivity index (χ0n) is 10.7. The Kier molecular flexibility index (Phi) is 3.04. The number of H-pyrrole nitrogens is 1. The monoisotopic (exact) mass is 293 g/mol. The van der Waals surface area contributed by atoms with Crippen molar-refractivity contribution in [1.29, 1.82) is 0 Å². The Balaban J connectivity index is 1.88. The van der Waals surface area contributed by atoms with E-state index in [4.69, 9.17) is 0 Å². The molecule has 108 valence electrons. The average Bonchev–Trinajstić information content (AvgIpc) is 2.82. The fraction of sp³-hybridized carbons (Fsp3) is 0.143. The highest BCUT2D eigenvalue weighted by molar-refractivity contribution is 5.37. The molecule has 0 radical (unpaired) electrons. The Morgan fingerprint density at radius 2 is 1.81 bits per heavy atom. The first-order chi connectivity index (χ1) is 9.93. The van der Waals surface area contributed by atoms with Crippen molar-refractivity contribution in [2.45, 2.75) is 12.6 Å². The summed E-state index contributed by atoms with van der Waals surface area (Å²) in [7, 11) is 0. The topological polar surface area (TPSA) is 50.2 Å². The largest absolute Gasteiger partial charge is 0.416 e. The number of nitrogens with one attached hydrogen (secondary N) is 1. The zero-order valence-corrected chi connectivity index (χ0v) is 10.7. The van der Waals surface area contributed by atoms with Crippen LogP contribution in [0.2, 0.25) is 0 Å². The van der Waals surface area contributed by atoms with Gasteiger partial charge in [-0.05, 0) is 23.8 Å². The number of alkyl halides is 3. The third-order valence-corrected chi connectivity index (χ3v) is 3.08. The molecule has 0 amide bonds. The van der Waals surface area contributed by atoms with E-state index in [0.29, 0.717) is 23.5 Å². The minimum absolute atomic E-state index is 0.237. The van der Waals surface area contributed by atoms with E-state index in [-0.39, 0.29) is 5.56 Å². The van der Waals surface area contributed by atoms with Gasteiger partial charge in [-0.3, -0.25) is 9.89 Å². The SMILES string of the molecule is O=c1cccc2nc(Cc3ccc(C(F)(F)F)cc3)[nH]n12. The molecule has 21 heavy (non-hydrogen) atoms. The molecule has 1 aromatic carbocycles. The van der Waals surface area contributed by atoms with E-state index in [0.717, 1.165) is 12.1 Å². The Morgan fingerprint density at radius 1 is 1.10 bits per heavy atom. The van der Waals surface area contributed by atoms with Gasteiger partial charge in [0.05, 0.1) is 5.56 Å². The predicted molar refractivity (Wildman–Crippen MR) is 70.1 cm³/mol. The van der Waals surface area contributed by atoms with E-state index in [1.165, 1.54) is 22.7 Å². The van der Waals surface area contributed by atoms with Crippen molar-refractivity contribution in [1.82, 2.24) is 14.6 Å². The van der Waals surface area contributed by atoms with Gasteiger partial charge >= 0.3 is 6.18 Å². The molecule has 0 fully saturated rings. The van der Waals surface area contributed by atoms with Crippen LogP contribution >= 0.6 is 0 Å². The second-order valence-corrected chi connectivity index (χ2v) is 4.60. The van der Waals surface area contributed by atoms with Crippen molar-refractivity contribution in [2.75, 3.05) is 0 Å². The van der Waals surface area contributed by atoms with Gasteiger partial charge in [-0.1, -0.05) is 18.2 Å². The van der Waals surface area contributed by atoms with E-state index >= 15 is 0 Å². The smallest absolute Gasteiger partial charge is 0.276 e. The van der Waals surface area contributed by atoms with E-state index in [2.05, 4.69) is 10.1 Å². The van der Waals surface area contributed by atoms with Crippen molar-refractivity contribution < 1.29 is 13.2 Å². The lowest BCUT2D eigenvalue weighted by atomic mass is 10.1. The van der Waals surface area contributed by atoms with Crippen LogP contribution in [-0.4, -0.2) is 14.6 Å². The lowest BCUT2D eigenvalue weighted by Crippen LogP contribution is -2.11. The number of hydrogen-bond acceptors (Lipinski definition) is 2. The van der Waals surface area contributed by atoms with Crippen LogP contribution in [0.4, 0.5) is 13.2 Å². The number of pyridine rings is 1. The molecular weight excluding hydrogens is 283 g/mol. The van der Waals surface area contributed by atoms with Crippen molar-refractivity contribution in [3.8, 4) is 0 Å². The Hall–Kier alpha value is -2.57. The standard InChI is InChI=1S/C14H10F3N3O/c15-14(16,17)10-6-4-9(5-7-10)8-11-18-12-2-1-3-13(21)20(12)19-11/h1-7H,8H2,(H,18,19). The fourth-order valence-electron chi connectivity index (χ4n) is 2.05. The van der Waals surface area contributed by atoms with Gasteiger partial charge in [0.1, 0.15) is 5.82 Å². The molecule has 0 aliphatic rings. The first-order valence-corrected chi connectivity index (χ1v) is 6.16. The van der Waals surface area contributed by atoms with Gasteiger partial charge in [-0.2, -0.15) is 13.2 Å². The maximum absolute atomic E-state index is 12.5. The maximum Gasteiger partial charge on any atom is 0.416 e. The molecule has 0 aliphatic heterocycles. The highest BCUT2D eigenvalue weighted by Crippen LogP contribution is 2.29. The summed E-state index contributed by atoms with van der Waals surface area (Å²) in [6.45, 7) is 0. The first kappa shape index (κ1) is 13.4. The van der Waals surface area contributed by atoms with Gasteiger partial charge in [0, 0.05) is 12.5 Å². The third-order valence-electron chi connectivity index (χ3n) is 3.08. The summed E-state index contributed by atoms with van der Waals surface area (Å²) in [5.41, 5.74) is 0.227. The van der Waals surface area contributed by atoms with Crippen LogP contribution in [0.25, 0.3) is 5.65 Å². The van der Waals surface area contributed by atoms with E-state index < -0.39 is 11.7 Å². The molecule has 0 unspecified atom stereocenters. The lowest BCUT2D eigenvalue weighted by Gasteiger charge is -2.06. The molecule has 1 N–H and O–H groups in total. The van der Waals surface area contributed by atoms with Gasteiger partial charge in [0.15, 0.2) is 5.65 Å². The highest BCUT2D eigenvalue weighted by Gasteiger charge is 2.29. The van der Waals surface area contributed by atoms with Crippen LogP contribution in [0.15, 0.2) is 47.3 Å². The molecule has 4 nitrogen and oxygen atoms in total. The minimum Gasteiger partial charge on any atom is -0.276 e. The summed E-state index contributed by atoms with van der Waals surface area (Å²) in [5.74, 6) is 0.512. The van der Waals surface area contributed by atoms with Crippen LogP contribution in [0.1, 0.15) is 17.0 Å². The van der Waals surface area contributed by atoms with Crippen LogP contribution in [-0.2, 0) is 12.6 Å². The summed E-state index contributed by atoms with van der Waals surface area (Å²) >= 11 is 0. The molecule has 0 spiro atoms. The number of fused-ring (bicyclic) bond motifs is 1. The average molecular weight is 293 g/mol. The number of nitrogens with zero attached hydrogens (tertiary/aromatic N) is 2. The van der Waals surface area contributed by atoms with Crippen molar-refractivity contribution in [2.24, 2.45) is 0 Å². The van der Waals surface area contributed by atoms with E-state index in [1.54, 1.807) is 12.1 Å². The number of benzene rings is 1. The molecule has 0 saturated heterocycles. The van der Waals surface area contributed by atoms with Crippen LogP contribution in [0.3, 0.4) is 0 Å². The summed E-state index contributed by atoms with van der Waals surface area (Å²) in [4.78, 5) is 15.8. The second kappa shape index (κ2) is 4.76. The third kappa shape index (κ3) is 2.67. The van der Waals surface area contributed by atoms with Crippen molar-refractivity contribution >= 4 is 5.65 Å². The molecule has 0 saturated carbocycles. The Labute approximate surface area is 116 Å². The van der Waals surface area contributed by atoms with Crippen molar-refractivity contribution in [3.05, 3.63) is 69.8 Å². The van der Waals surface area contributed by atoms with Gasteiger partial charge in [0.2, 0.25) is 0 Å². The molecule has 0 bridgehead atoms. The number of aromatic amines is 1. The number of aromatic nitrogens is 3. The summed E-state index contributed by atoms with van der Waals surface area (Å²) < 4.78 is 38.7. The Morgan fingerprint density at radius 3 is 2.43 bits per heavy atom. The molecule has 3 aromatic rings. The molecule has 7 heteroatoms. The van der Waals surface area contributed by atoms with Crippen molar-refractivity contribution in [3.63, 3.8) is 0 Å². The summed E-state index contributed by atoms with van der Waals surface area (Å²) in [6, 6.07) is 9.54. The predicted octanol–water partition coefficient (Wildman–Crippen LogP) is 2.63. The number of hydrogen-bond donors (Lipinski definition) is 1. The summed E-state index contributed by atoms with van der Waals surface area (Å²) in [5, 5.41) is 2.83. The molecule has 2 aromatic heterocycles. The molecule has 0 atom stereocenters. The number of rotatable bonds is 2. The lowest BCUT2D eigenvalue weighted by molar-refractivity contribution is -0.137. The fourth-order valence-corrected chi connectivity index (χ4v) is 2.05. The van der Waals surface area contributed by atoms with E-state index in [1.807, 2.05) is 0 Å². The van der Waals surface area contributed by atoms with Gasteiger partial charge in [-0.25, -0.2) is 9.50 Å². The van der Waals surface area contributed by atoms with Gasteiger partial charge < -0.3 is 0 Å². The molecule has 3 rings (SSSR count). The maximum atomic E-state index is 12.5. The quantitative estimate of drug-likeness (QED) is 0.789. The van der Waals surface area contributed by atoms with E-state index in [9.17, 15) is 18.0 Å².